The topological polar surface area (TPSA) is 96.3 Å². The molecule has 1 fully saturated rings. The Hall–Kier alpha value is -2.38. The quantitative estimate of drug-likeness (QED) is 0.796. The number of carbonyl (C=O) groups is 2. The van der Waals surface area contributed by atoms with Crippen LogP contribution in [0, 0.1) is 0 Å². The zero-order chi connectivity index (χ0) is 21.0. The van der Waals surface area contributed by atoms with E-state index in [1.54, 1.807) is 13.2 Å². The number of rotatable bonds is 3. The third-order valence-corrected chi connectivity index (χ3v) is 6.81. The van der Waals surface area contributed by atoms with Crippen molar-refractivity contribution in [2.75, 3.05) is 20.7 Å². The zero-order valence-corrected chi connectivity index (χ0v) is 17.0. The van der Waals surface area contributed by atoms with Crippen LogP contribution in [0.15, 0.2) is 24.3 Å². The Morgan fingerprint density at radius 3 is 2.79 bits per heavy atom. The predicted molar refractivity (Wildman–Crippen MR) is 105 cm³/mol. The zero-order valence-electron chi connectivity index (χ0n) is 17.0. The molecule has 156 valence electrons. The van der Waals surface area contributed by atoms with Gasteiger partial charge in [-0.1, -0.05) is 13.0 Å². The summed E-state index contributed by atoms with van der Waals surface area (Å²) >= 11 is 0. The lowest BCUT2D eigenvalue weighted by Gasteiger charge is -2.60. The van der Waals surface area contributed by atoms with E-state index in [1.807, 2.05) is 20.0 Å². The van der Waals surface area contributed by atoms with Crippen LogP contribution in [0.2, 0.25) is 0 Å². The van der Waals surface area contributed by atoms with Crippen molar-refractivity contribution >= 4 is 11.8 Å². The lowest BCUT2D eigenvalue weighted by Crippen LogP contribution is -2.74. The van der Waals surface area contributed by atoms with Crippen LogP contribution in [0.3, 0.4) is 0 Å². The van der Waals surface area contributed by atoms with Gasteiger partial charge in [-0.25, -0.2) is 0 Å². The number of nitrogens with zero attached hydrogens (tertiary/aromatic N) is 1. The molecule has 0 amide bonds. The molecule has 1 aromatic carbocycles. The van der Waals surface area contributed by atoms with Gasteiger partial charge in [0.15, 0.2) is 23.4 Å². The molecule has 2 heterocycles. The van der Waals surface area contributed by atoms with Crippen molar-refractivity contribution in [3.8, 4) is 11.5 Å². The number of aliphatic hydroxyl groups is 1. The van der Waals surface area contributed by atoms with Crippen molar-refractivity contribution < 1.29 is 29.3 Å². The molecular weight excluding hydrogens is 374 g/mol. The Morgan fingerprint density at radius 2 is 2.17 bits per heavy atom. The van der Waals surface area contributed by atoms with Crippen LogP contribution in [0.5, 0.6) is 11.5 Å². The van der Waals surface area contributed by atoms with Gasteiger partial charge in [0.05, 0.1) is 12.5 Å². The summed E-state index contributed by atoms with van der Waals surface area (Å²) < 4.78 is 11.6. The maximum Gasteiger partial charge on any atom is 0.303 e. The van der Waals surface area contributed by atoms with Crippen molar-refractivity contribution in [2.45, 2.75) is 55.8 Å². The van der Waals surface area contributed by atoms with Crippen molar-refractivity contribution in [1.82, 2.24) is 4.90 Å². The van der Waals surface area contributed by atoms with Crippen molar-refractivity contribution in [2.24, 2.45) is 0 Å². The lowest BCUT2D eigenvalue weighted by atomic mass is 9.51. The average Bonchev–Trinajstić information content (AvgIpc) is 3.04. The molecule has 2 aliphatic carbocycles. The van der Waals surface area contributed by atoms with Gasteiger partial charge in [-0.3, -0.25) is 14.5 Å². The highest BCUT2D eigenvalue weighted by molar-refractivity contribution is 5.99. The number of carbonyl (C=O) groups excluding carboxylic acids is 1. The number of hydrogen-bond acceptors (Lipinski definition) is 6. The van der Waals surface area contributed by atoms with Crippen LogP contribution in [0.4, 0.5) is 0 Å². The lowest BCUT2D eigenvalue weighted by molar-refractivity contribution is -0.151. The number of ether oxygens (including phenoxy) is 2. The van der Waals surface area contributed by atoms with Crippen molar-refractivity contribution in [3.05, 3.63) is 35.4 Å². The number of aliphatic carboxylic acids is 1. The highest BCUT2D eigenvalue weighted by Gasteiger charge is 2.71. The van der Waals surface area contributed by atoms with Crippen LogP contribution in [0.25, 0.3) is 0 Å². The number of benzene rings is 1. The number of likely N-dealkylation sites (N-methyl/N-ethyl adjacent to an activating group) is 1. The SMILES string of the molecule is CCCC(=O)O.COc1ccc2c3c1O[C@H]1C(=O)C=C[C@@]4(O)[C@@H](C2)N(C)CC[C@]314. The van der Waals surface area contributed by atoms with E-state index in [9.17, 15) is 14.7 Å². The molecular formula is C22H27NO6. The first-order valence-corrected chi connectivity index (χ1v) is 10.0. The van der Waals surface area contributed by atoms with E-state index < -0.39 is 23.1 Å². The average molecular weight is 401 g/mol. The third-order valence-electron chi connectivity index (χ3n) is 6.81. The molecule has 1 saturated heterocycles. The number of methoxy groups -OCH3 is 1. The first-order chi connectivity index (χ1) is 13.8. The van der Waals surface area contributed by atoms with Crippen molar-refractivity contribution in [3.63, 3.8) is 0 Å². The van der Waals surface area contributed by atoms with Gasteiger partial charge in [0.2, 0.25) is 0 Å². The predicted octanol–water partition coefficient (Wildman–Crippen LogP) is 1.70. The molecule has 1 spiro atoms. The Balaban J connectivity index is 0.000000302. The molecule has 7 heteroatoms. The summed E-state index contributed by atoms with van der Waals surface area (Å²) in [7, 11) is 3.65. The molecule has 1 aromatic rings. The minimum Gasteiger partial charge on any atom is -0.493 e. The maximum atomic E-state index is 12.6. The van der Waals surface area contributed by atoms with Crippen LogP contribution in [-0.2, 0) is 21.4 Å². The molecule has 29 heavy (non-hydrogen) atoms. The van der Waals surface area contributed by atoms with Crippen LogP contribution in [0.1, 0.15) is 37.3 Å². The Kier molecular flexibility index (Phi) is 4.70. The molecule has 2 aliphatic heterocycles. The molecule has 0 unspecified atom stereocenters. The Morgan fingerprint density at radius 1 is 1.41 bits per heavy atom. The van der Waals surface area contributed by atoms with E-state index in [1.165, 1.54) is 6.08 Å². The maximum absolute atomic E-state index is 12.6. The molecule has 0 saturated carbocycles. The third kappa shape index (κ3) is 2.57. The smallest absolute Gasteiger partial charge is 0.303 e. The Labute approximate surface area is 169 Å². The standard InChI is InChI=1S/C18H19NO4.C4H8O2/c1-19-8-7-17-14-10-3-4-12(22-2)15(14)23-16(17)11(20)5-6-18(17,21)13(19)9-10;1-2-3-4(5)6/h3-6,13,16,21H,7-9H2,1-2H3;2-3H2,1H3,(H,5,6)/t13-,16+,17+,18-;/m1./s1. The summed E-state index contributed by atoms with van der Waals surface area (Å²) in [5.74, 6) is 0.509. The molecule has 7 nitrogen and oxygen atoms in total. The minimum atomic E-state index is -1.08. The molecule has 5 rings (SSSR count). The van der Waals surface area contributed by atoms with Crippen LogP contribution in [-0.4, -0.2) is 65.3 Å². The van der Waals surface area contributed by atoms with E-state index in [4.69, 9.17) is 14.6 Å². The molecule has 2 bridgehead atoms. The number of piperidine rings is 1. The largest absolute Gasteiger partial charge is 0.493 e. The van der Waals surface area contributed by atoms with Gasteiger partial charge in [0.25, 0.3) is 0 Å². The molecule has 4 aliphatic rings. The van der Waals surface area contributed by atoms with Gasteiger partial charge >= 0.3 is 5.97 Å². The summed E-state index contributed by atoms with van der Waals surface area (Å²) in [6, 6.07) is 3.92. The van der Waals surface area contributed by atoms with E-state index in [0.717, 1.165) is 30.5 Å². The monoisotopic (exact) mass is 401 g/mol. The van der Waals surface area contributed by atoms with Crippen LogP contribution < -0.4 is 9.47 Å². The summed E-state index contributed by atoms with van der Waals surface area (Å²) in [5, 5.41) is 19.6. The molecule has 4 atom stereocenters. The first-order valence-electron chi connectivity index (χ1n) is 10.0. The van der Waals surface area contributed by atoms with Gasteiger partial charge < -0.3 is 19.7 Å². The number of ketones is 1. The fraction of sp³-hybridized carbons (Fsp3) is 0.545. The van der Waals surface area contributed by atoms with E-state index in [0.29, 0.717) is 24.3 Å². The second-order valence-corrected chi connectivity index (χ2v) is 8.26. The normalized spacial score (nSPS) is 33.3. The van der Waals surface area contributed by atoms with Gasteiger partial charge in [-0.2, -0.15) is 0 Å². The summed E-state index contributed by atoms with van der Waals surface area (Å²) in [6.07, 6.45) is 5.03. The van der Waals surface area contributed by atoms with E-state index >= 15 is 0 Å². The van der Waals surface area contributed by atoms with Gasteiger partial charge in [0.1, 0.15) is 5.60 Å². The van der Waals surface area contributed by atoms with Gasteiger partial charge in [-0.15, -0.1) is 0 Å². The number of carboxylic acid groups (broad SMARTS) is 1. The molecule has 2 N–H and O–H groups in total. The fourth-order valence-electron chi connectivity index (χ4n) is 5.49. The highest BCUT2D eigenvalue weighted by atomic mass is 16.5. The number of carboxylic acids is 1. The van der Waals surface area contributed by atoms with Gasteiger partial charge in [0, 0.05) is 18.0 Å². The van der Waals surface area contributed by atoms with Crippen LogP contribution >= 0.6 is 0 Å². The molecule has 0 radical (unpaired) electrons. The second-order valence-electron chi connectivity index (χ2n) is 8.26. The van der Waals surface area contributed by atoms with Gasteiger partial charge in [-0.05, 0) is 56.6 Å². The number of hydrogen-bond donors (Lipinski definition) is 2. The summed E-state index contributed by atoms with van der Waals surface area (Å²) in [4.78, 5) is 24.4. The van der Waals surface area contributed by atoms with E-state index in [-0.39, 0.29) is 11.8 Å². The van der Waals surface area contributed by atoms with Crippen molar-refractivity contribution in [1.29, 1.82) is 0 Å². The minimum absolute atomic E-state index is 0.0430. The summed E-state index contributed by atoms with van der Waals surface area (Å²) in [5.41, 5.74) is 0.385. The highest BCUT2D eigenvalue weighted by Crippen LogP contribution is 2.63. The first kappa shape index (κ1) is 19.9. The van der Waals surface area contributed by atoms with E-state index in [2.05, 4.69) is 11.0 Å². The second kappa shape index (κ2) is 6.85. The number of likely N-dealkylation sites (tertiary alicyclic amines) is 1. The fourth-order valence-corrected chi connectivity index (χ4v) is 5.49. The Bertz CT molecular complexity index is 896. The molecule has 0 aromatic heterocycles. The summed E-state index contributed by atoms with van der Waals surface area (Å²) in [6.45, 7) is 2.68.